The van der Waals surface area contributed by atoms with Gasteiger partial charge in [0, 0.05) is 41.8 Å². The van der Waals surface area contributed by atoms with Crippen molar-refractivity contribution < 1.29 is 0 Å². The summed E-state index contributed by atoms with van der Waals surface area (Å²) in [6.07, 6.45) is 8.55. The number of imidazole rings is 1. The fourth-order valence-electron chi connectivity index (χ4n) is 1.92. The molecule has 4 nitrogen and oxygen atoms in total. The number of hydrogen-bond acceptors (Lipinski definition) is 4. The molecule has 0 aliphatic carbocycles. The zero-order valence-electron chi connectivity index (χ0n) is 9.91. The van der Waals surface area contributed by atoms with E-state index in [1.54, 1.807) is 17.5 Å². The summed E-state index contributed by atoms with van der Waals surface area (Å²) in [5, 5.41) is 6.71. The molecule has 0 spiro atoms. The largest absolute Gasteiger partial charge is 0.369 e. The summed E-state index contributed by atoms with van der Waals surface area (Å²) in [5.41, 5.74) is 0. The van der Waals surface area contributed by atoms with Crippen LogP contribution in [0.15, 0.2) is 42.4 Å². The molecule has 0 aliphatic heterocycles. The Labute approximate surface area is 109 Å². The highest BCUT2D eigenvalue weighted by Crippen LogP contribution is 2.25. The lowest BCUT2D eigenvalue weighted by Gasteiger charge is -2.07. The smallest absolute Gasteiger partial charge is 0.134 e. The van der Waals surface area contributed by atoms with Gasteiger partial charge in [-0.25, -0.2) is 9.97 Å². The summed E-state index contributed by atoms with van der Waals surface area (Å²) in [6.45, 7) is 1.90. The molecule has 0 amide bonds. The van der Waals surface area contributed by atoms with Crippen molar-refractivity contribution in [2.24, 2.45) is 0 Å². The lowest BCUT2D eigenvalue weighted by molar-refractivity contribution is 0.660. The van der Waals surface area contributed by atoms with E-state index < -0.39 is 0 Å². The Balaban J connectivity index is 1.58. The molecule has 3 aromatic heterocycles. The number of fused-ring (bicyclic) bond motifs is 1. The third-order valence-corrected chi connectivity index (χ3v) is 3.71. The normalized spacial score (nSPS) is 10.9. The summed E-state index contributed by atoms with van der Waals surface area (Å²) in [5.74, 6) is 0.986. The first-order chi connectivity index (χ1) is 8.93. The molecule has 1 N–H and O–H groups in total. The fraction of sp³-hybridized carbons (Fsp3) is 0.231. The third kappa shape index (κ3) is 2.36. The van der Waals surface area contributed by atoms with Crippen molar-refractivity contribution in [3.8, 4) is 0 Å². The summed E-state index contributed by atoms with van der Waals surface area (Å²) in [4.78, 5) is 8.41. The third-order valence-electron chi connectivity index (χ3n) is 2.82. The van der Waals surface area contributed by atoms with E-state index in [1.807, 2.05) is 18.7 Å². The zero-order chi connectivity index (χ0) is 12.2. The fourth-order valence-corrected chi connectivity index (χ4v) is 2.70. The van der Waals surface area contributed by atoms with Crippen LogP contribution >= 0.6 is 11.3 Å². The van der Waals surface area contributed by atoms with Crippen LogP contribution in [0.3, 0.4) is 0 Å². The lowest BCUT2D eigenvalue weighted by atomic mass is 10.3. The van der Waals surface area contributed by atoms with Crippen LogP contribution < -0.4 is 5.32 Å². The molecule has 0 unspecified atom stereocenters. The Hall–Kier alpha value is -1.88. The molecule has 0 bridgehead atoms. The van der Waals surface area contributed by atoms with Gasteiger partial charge in [0.15, 0.2) is 0 Å². The molecular formula is C13H14N4S. The molecule has 0 saturated heterocycles. The molecule has 18 heavy (non-hydrogen) atoms. The average Bonchev–Trinajstić information content (AvgIpc) is 3.05. The van der Waals surface area contributed by atoms with Gasteiger partial charge >= 0.3 is 0 Å². The van der Waals surface area contributed by atoms with Gasteiger partial charge in [-0.2, -0.15) is 0 Å². The maximum atomic E-state index is 4.39. The van der Waals surface area contributed by atoms with Crippen molar-refractivity contribution in [1.82, 2.24) is 14.5 Å². The van der Waals surface area contributed by atoms with Crippen LogP contribution in [0.5, 0.6) is 0 Å². The highest BCUT2D eigenvalue weighted by molar-refractivity contribution is 7.17. The van der Waals surface area contributed by atoms with Gasteiger partial charge < -0.3 is 9.88 Å². The Morgan fingerprint density at radius 3 is 3.17 bits per heavy atom. The number of rotatable bonds is 5. The van der Waals surface area contributed by atoms with E-state index in [0.717, 1.165) is 25.3 Å². The van der Waals surface area contributed by atoms with Crippen LogP contribution in [0.1, 0.15) is 6.42 Å². The van der Waals surface area contributed by atoms with Gasteiger partial charge in [-0.15, -0.1) is 11.3 Å². The number of aryl methyl sites for hydroxylation is 1. The Morgan fingerprint density at radius 2 is 2.28 bits per heavy atom. The minimum Gasteiger partial charge on any atom is -0.369 e. The molecule has 3 heterocycles. The second-order valence-corrected chi connectivity index (χ2v) is 5.02. The SMILES string of the molecule is c1cn(CCCNc2nccc3sccc23)cn1. The highest BCUT2D eigenvalue weighted by atomic mass is 32.1. The van der Waals surface area contributed by atoms with Gasteiger partial charge in [-0.05, 0) is 23.9 Å². The van der Waals surface area contributed by atoms with Crippen LogP contribution in [0.25, 0.3) is 10.1 Å². The first kappa shape index (κ1) is 11.2. The van der Waals surface area contributed by atoms with Crippen molar-refractivity contribution >= 4 is 27.2 Å². The van der Waals surface area contributed by atoms with Gasteiger partial charge in [-0.1, -0.05) is 0 Å². The molecule has 92 valence electrons. The van der Waals surface area contributed by atoms with Crippen molar-refractivity contribution in [2.75, 3.05) is 11.9 Å². The number of nitrogens with zero attached hydrogens (tertiary/aromatic N) is 3. The number of nitrogens with one attached hydrogen (secondary N) is 1. The first-order valence-corrected chi connectivity index (χ1v) is 6.83. The maximum Gasteiger partial charge on any atom is 0.134 e. The Kier molecular flexibility index (Phi) is 3.23. The number of pyridine rings is 1. The van der Waals surface area contributed by atoms with E-state index >= 15 is 0 Å². The quantitative estimate of drug-likeness (QED) is 0.715. The van der Waals surface area contributed by atoms with E-state index in [-0.39, 0.29) is 0 Å². The minimum atomic E-state index is 0.917. The van der Waals surface area contributed by atoms with Crippen LogP contribution in [0.4, 0.5) is 5.82 Å². The lowest BCUT2D eigenvalue weighted by Crippen LogP contribution is -2.06. The molecule has 0 aromatic carbocycles. The van der Waals surface area contributed by atoms with Crippen LogP contribution in [-0.2, 0) is 6.54 Å². The predicted molar refractivity (Wildman–Crippen MR) is 75.0 cm³/mol. The maximum absolute atomic E-state index is 4.39. The first-order valence-electron chi connectivity index (χ1n) is 5.95. The molecule has 5 heteroatoms. The molecule has 0 aliphatic rings. The van der Waals surface area contributed by atoms with Gasteiger partial charge in [-0.3, -0.25) is 0 Å². The zero-order valence-corrected chi connectivity index (χ0v) is 10.7. The Bertz CT molecular complexity index is 615. The van der Waals surface area contributed by atoms with Gasteiger partial charge in [0.25, 0.3) is 0 Å². The van der Waals surface area contributed by atoms with E-state index in [4.69, 9.17) is 0 Å². The average molecular weight is 258 g/mol. The van der Waals surface area contributed by atoms with Gasteiger partial charge in [0.1, 0.15) is 5.82 Å². The number of thiophene rings is 1. The van der Waals surface area contributed by atoms with Crippen molar-refractivity contribution in [3.05, 3.63) is 42.4 Å². The molecular weight excluding hydrogens is 244 g/mol. The minimum absolute atomic E-state index is 0.917. The molecule has 3 aromatic rings. The van der Waals surface area contributed by atoms with Crippen molar-refractivity contribution in [2.45, 2.75) is 13.0 Å². The highest BCUT2D eigenvalue weighted by Gasteiger charge is 2.02. The van der Waals surface area contributed by atoms with Crippen LogP contribution in [0.2, 0.25) is 0 Å². The number of hydrogen-bond donors (Lipinski definition) is 1. The van der Waals surface area contributed by atoms with Crippen LogP contribution in [-0.4, -0.2) is 21.1 Å². The molecule has 3 rings (SSSR count). The van der Waals surface area contributed by atoms with E-state index in [9.17, 15) is 0 Å². The molecule has 0 atom stereocenters. The number of anilines is 1. The predicted octanol–water partition coefficient (Wildman–Crippen LogP) is 3.00. The standard InChI is InChI=1S/C13H14N4S/c1(7-17-8-6-14-10-17)4-15-13-11-3-9-18-12(11)2-5-16-13/h2-3,5-6,8-10H,1,4,7H2,(H,15,16). The molecule has 0 radical (unpaired) electrons. The monoisotopic (exact) mass is 258 g/mol. The molecule has 0 fully saturated rings. The van der Waals surface area contributed by atoms with Crippen molar-refractivity contribution in [1.29, 1.82) is 0 Å². The summed E-state index contributed by atoms with van der Waals surface area (Å²) >= 11 is 1.75. The van der Waals surface area contributed by atoms with Gasteiger partial charge in [0.05, 0.1) is 6.33 Å². The Morgan fingerprint density at radius 1 is 1.28 bits per heavy atom. The summed E-state index contributed by atoms with van der Waals surface area (Å²) in [7, 11) is 0. The summed E-state index contributed by atoms with van der Waals surface area (Å²) < 4.78 is 3.36. The molecule has 0 saturated carbocycles. The summed E-state index contributed by atoms with van der Waals surface area (Å²) in [6, 6.07) is 4.17. The van der Waals surface area contributed by atoms with E-state index in [2.05, 4.69) is 37.4 Å². The second-order valence-electron chi connectivity index (χ2n) is 4.07. The van der Waals surface area contributed by atoms with E-state index in [1.165, 1.54) is 10.1 Å². The van der Waals surface area contributed by atoms with Gasteiger partial charge in [0.2, 0.25) is 0 Å². The second kappa shape index (κ2) is 5.18. The van der Waals surface area contributed by atoms with E-state index in [0.29, 0.717) is 0 Å². The topological polar surface area (TPSA) is 42.7 Å². The number of aromatic nitrogens is 3. The van der Waals surface area contributed by atoms with Crippen molar-refractivity contribution in [3.63, 3.8) is 0 Å². The van der Waals surface area contributed by atoms with Crippen LogP contribution in [0, 0.1) is 0 Å².